The average molecular weight is 441 g/mol. The molecule has 29 heavy (non-hydrogen) atoms. The Labute approximate surface area is 172 Å². The summed E-state index contributed by atoms with van der Waals surface area (Å²) >= 11 is 2.79. The van der Waals surface area contributed by atoms with Crippen molar-refractivity contribution in [2.45, 2.75) is 16.5 Å². The summed E-state index contributed by atoms with van der Waals surface area (Å²) in [7, 11) is 1.33. The maximum Gasteiger partial charge on any atom is 0.573 e. The Morgan fingerprint density at radius 3 is 2.41 bits per heavy atom. The quantitative estimate of drug-likeness (QED) is 0.396. The molecule has 0 unspecified atom stereocenters. The Kier molecular flexibility index (Phi) is 6.60. The van der Waals surface area contributed by atoms with E-state index >= 15 is 0 Å². The molecule has 11 heteroatoms. The zero-order chi connectivity index (χ0) is 20.9. The molecule has 0 saturated carbocycles. The molecule has 152 valence electrons. The largest absolute Gasteiger partial charge is 0.573 e. The molecule has 3 rings (SSSR count). The van der Waals surface area contributed by atoms with E-state index < -0.39 is 6.36 Å². The third-order valence-corrected chi connectivity index (χ3v) is 5.53. The first-order valence-electron chi connectivity index (χ1n) is 8.09. The van der Waals surface area contributed by atoms with Crippen molar-refractivity contribution in [3.63, 3.8) is 0 Å². The van der Waals surface area contributed by atoms with E-state index in [1.807, 2.05) is 12.1 Å². The zero-order valence-corrected chi connectivity index (χ0v) is 16.5. The molecule has 2 aromatic carbocycles. The van der Waals surface area contributed by atoms with Gasteiger partial charge < -0.3 is 14.8 Å². The third kappa shape index (κ3) is 6.36. The van der Waals surface area contributed by atoms with Gasteiger partial charge in [0.15, 0.2) is 4.34 Å². The molecule has 0 aliphatic rings. The van der Waals surface area contributed by atoms with Crippen molar-refractivity contribution in [3.05, 3.63) is 59.7 Å². The number of carbonyl (C=O) groups is 1. The minimum Gasteiger partial charge on any atom is -0.465 e. The van der Waals surface area contributed by atoms with Crippen LogP contribution in [0.5, 0.6) is 5.75 Å². The summed E-state index contributed by atoms with van der Waals surface area (Å²) in [4.78, 5) is 11.4. The van der Waals surface area contributed by atoms with E-state index in [9.17, 15) is 18.0 Å². The summed E-state index contributed by atoms with van der Waals surface area (Å²) in [5.41, 5.74) is 2.05. The smallest absolute Gasteiger partial charge is 0.465 e. The van der Waals surface area contributed by atoms with E-state index in [0.717, 1.165) is 9.90 Å². The lowest BCUT2D eigenvalue weighted by Gasteiger charge is -2.09. The monoisotopic (exact) mass is 441 g/mol. The molecule has 0 amide bonds. The topological polar surface area (TPSA) is 73.3 Å². The summed E-state index contributed by atoms with van der Waals surface area (Å²) in [6, 6.07) is 12.4. The van der Waals surface area contributed by atoms with Crippen LogP contribution in [0.15, 0.2) is 52.9 Å². The Morgan fingerprint density at radius 2 is 1.79 bits per heavy atom. The van der Waals surface area contributed by atoms with Crippen LogP contribution in [0.3, 0.4) is 0 Å². The van der Waals surface area contributed by atoms with Crippen molar-refractivity contribution in [2.75, 3.05) is 12.4 Å². The highest BCUT2D eigenvalue weighted by Gasteiger charge is 2.30. The molecule has 0 aliphatic heterocycles. The molecular weight excluding hydrogens is 427 g/mol. The fourth-order valence-corrected chi connectivity index (χ4v) is 3.91. The summed E-state index contributed by atoms with van der Waals surface area (Å²) in [6.07, 6.45) is -4.72. The fourth-order valence-electron chi connectivity index (χ4n) is 2.18. The first-order valence-corrected chi connectivity index (χ1v) is 9.89. The van der Waals surface area contributed by atoms with E-state index in [1.54, 1.807) is 12.1 Å². The standard InChI is InChI=1S/C18H14F3N3O3S2/c1-26-15(25)12-4-2-11(3-5-12)10-28-17-24-23-16(29-17)22-13-6-8-14(9-7-13)27-18(19,20)21/h2-9H,10H2,1H3,(H,22,23). The molecule has 0 fully saturated rings. The van der Waals surface area contributed by atoms with Crippen LogP contribution in [0.4, 0.5) is 24.0 Å². The number of nitrogens with one attached hydrogen (secondary N) is 1. The number of methoxy groups -OCH3 is 1. The van der Waals surface area contributed by atoms with Crippen LogP contribution in [-0.4, -0.2) is 29.6 Å². The van der Waals surface area contributed by atoms with Crippen molar-refractivity contribution < 1.29 is 27.4 Å². The molecule has 0 saturated heterocycles. The number of rotatable bonds is 7. The molecule has 0 radical (unpaired) electrons. The van der Waals surface area contributed by atoms with Crippen LogP contribution < -0.4 is 10.1 Å². The number of benzene rings is 2. The van der Waals surface area contributed by atoms with Gasteiger partial charge in [0, 0.05) is 11.4 Å². The number of alkyl halides is 3. The lowest BCUT2D eigenvalue weighted by Crippen LogP contribution is -2.16. The zero-order valence-electron chi connectivity index (χ0n) is 14.9. The number of carbonyl (C=O) groups excluding carboxylic acids is 1. The van der Waals surface area contributed by atoms with E-state index in [4.69, 9.17) is 0 Å². The van der Waals surface area contributed by atoms with Gasteiger partial charge in [-0.3, -0.25) is 0 Å². The predicted molar refractivity (Wildman–Crippen MR) is 104 cm³/mol. The number of nitrogens with zero attached hydrogens (tertiary/aromatic N) is 2. The molecule has 3 aromatic rings. The van der Waals surface area contributed by atoms with Crippen LogP contribution in [0, 0.1) is 0 Å². The van der Waals surface area contributed by atoms with Gasteiger partial charge in [0.1, 0.15) is 5.75 Å². The number of hydrogen-bond acceptors (Lipinski definition) is 8. The highest BCUT2D eigenvalue weighted by molar-refractivity contribution is 8.00. The van der Waals surface area contributed by atoms with E-state index in [0.29, 0.717) is 22.1 Å². The van der Waals surface area contributed by atoms with Gasteiger partial charge in [-0.05, 0) is 42.0 Å². The SMILES string of the molecule is COC(=O)c1ccc(CSc2nnc(Nc3ccc(OC(F)(F)F)cc3)s2)cc1. The second kappa shape index (κ2) is 9.14. The minimum atomic E-state index is -4.72. The van der Waals surface area contributed by atoms with Crippen molar-refractivity contribution in [2.24, 2.45) is 0 Å². The Bertz CT molecular complexity index is 961. The van der Waals surface area contributed by atoms with Crippen molar-refractivity contribution in [1.29, 1.82) is 0 Å². The van der Waals surface area contributed by atoms with Crippen LogP contribution in [0.25, 0.3) is 0 Å². The molecule has 6 nitrogen and oxygen atoms in total. The lowest BCUT2D eigenvalue weighted by atomic mass is 10.1. The van der Waals surface area contributed by atoms with Gasteiger partial charge in [-0.2, -0.15) is 0 Å². The average Bonchev–Trinajstić information content (AvgIpc) is 3.14. The number of anilines is 2. The van der Waals surface area contributed by atoms with Gasteiger partial charge in [0.2, 0.25) is 5.13 Å². The highest BCUT2D eigenvalue weighted by atomic mass is 32.2. The van der Waals surface area contributed by atoms with Gasteiger partial charge in [0.05, 0.1) is 12.7 Å². The van der Waals surface area contributed by atoms with Crippen molar-refractivity contribution in [1.82, 2.24) is 10.2 Å². The van der Waals surface area contributed by atoms with E-state index in [1.165, 1.54) is 54.5 Å². The molecular formula is C18H14F3N3O3S2. The van der Waals surface area contributed by atoms with Crippen LogP contribution in [-0.2, 0) is 10.5 Å². The number of hydrogen-bond donors (Lipinski definition) is 1. The number of thioether (sulfide) groups is 1. The third-order valence-electron chi connectivity index (χ3n) is 3.48. The molecule has 0 spiro atoms. The van der Waals surface area contributed by atoms with Gasteiger partial charge in [0.25, 0.3) is 0 Å². The first kappa shape index (κ1) is 20.9. The summed E-state index contributed by atoms with van der Waals surface area (Å²) in [5, 5.41) is 11.6. The molecule has 1 N–H and O–H groups in total. The van der Waals surface area contributed by atoms with Crippen LogP contribution >= 0.6 is 23.1 Å². The Morgan fingerprint density at radius 1 is 1.10 bits per heavy atom. The molecule has 0 aliphatic carbocycles. The van der Waals surface area contributed by atoms with Gasteiger partial charge in [-0.25, -0.2) is 4.79 Å². The van der Waals surface area contributed by atoms with Crippen LogP contribution in [0.2, 0.25) is 0 Å². The normalized spacial score (nSPS) is 11.2. The fraction of sp³-hybridized carbons (Fsp3) is 0.167. The van der Waals surface area contributed by atoms with Crippen molar-refractivity contribution in [3.8, 4) is 5.75 Å². The lowest BCUT2D eigenvalue weighted by molar-refractivity contribution is -0.274. The number of ether oxygens (including phenoxy) is 2. The first-order chi connectivity index (χ1) is 13.8. The second-order valence-electron chi connectivity index (χ2n) is 5.55. The molecule has 0 atom stereocenters. The number of halogens is 3. The summed E-state index contributed by atoms with van der Waals surface area (Å²) < 4.78 is 45.8. The number of esters is 1. The van der Waals surface area contributed by atoms with Gasteiger partial charge in [-0.15, -0.1) is 23.4 Å². The van der Waals surface area contributed by atoms with E-state index in [2.05, 4.69) is 25.0 Å². The van der Waals surface area contributed by atoms with Crippen molar-refractivity contribution >= 4 is 39.9 Å². The van der Waals surface area contributed by atoms with E-state index in [-0.39, 0.29) is 11.7 Å². The second-order valence-corrected chi connectivity index (χ2v) is 7.75. The molecule has 1 heterocycles. The maximum atomic E-state index is 12.2. The van der Waals surface area contributed by atoms with Crippen LogP contribution in [0.1, 0.15) is 15.9 Å². The van der Waals surface area contributed by atoms with Gasteiger partial charge >= 0.3 is 12.3 Å². The minimum absolute atomic E-state index is 0.297. The molecule has 0 bridgehead atoms. The Balaban J connectivity index is 1.53. The summed E-state index contributed by atoms with van der Waals surface area (Å²) in [6.45, 7) is 0. The number of aromatic nitrogens is 2. The summed E-state index contributed by atoms with van der Waals surface area (Å²) in [5.74, 6) is -0.0450. The van der Waals surface area contributed by atoms with Gasteiger partial charge in [-0.1, -0.05) is 35.2 Å². The Hall–Kier alpha value is -2.79. The predicted octanol–water partition coefficient (Wildman–Crippen LogP) is 5.26. The maximum absolute atomic E-state index is 12.2. The highest BCUT2D eigenvalue weighted by Crippen LogP contribution is 2.31. The molecule has 1 aromatic heterocycles.